The summed E-state index contributed by atoms with van der Waals surface area (Å²) < 4.78 is 0. The average molecular weight is 453 g/mol. The normalized spacial score (nSPS) is 11.3. The van der Waals surface area contributed by atoms with E-state index in [1.54, 1.807) is 72.8 Å². The molecule has 0 aliphatic carbocycles. The van der Waals surface area contributed by atoms with E-state index in [1.807, 2.05) is 6.07 Å². The van der Waals surface area contributed by atoms with Crippen LogP contribution in [0.3, 0.4) is 0 Å². The van der Waals surface area contributed by atoms with Gasteiger partial charge < -0.3 is 26.2 Å². The molecule has 0 amide bonds. The number of Topliss-reactive ketones (excluding diaryl/α,β-unsaturated/α-hetero) is 1. The number of ketones is 1. The summed E-state index contributed by atoms with van der Waals surface area (Å²) in [4.78, 5) is 41.5. The van der Waals surface area contributed by atoms with E-state index < -0.39 is 35.8 Å². The average Bonchev–Trinajstić information content (AvgIpc) is 2.84. The van der Waals surface area contributed by atoms with Crippen molar-refractivity contribution in [1.82, 2.24) is 0 Å². The maximum absolute atomic E-state index is 10.7. The second-order valence-corrected chi connectivity index (χ2v) is 6.38. The topological polar surface area (TPSA) is 175 Å². The SMILES string of the molecule is N[C@H](C(=O)O)c1ccccc1.O=C(O)C(=O)c1ccccc1.O=C(O)[C@@H](O)c1ccccc1. The molecule has 0 spiro atoms. The van der Waals surface area contributed by atoms with Gasteiger partial charge in [-0.2, -0.15) is 0 Å². The van der Waals surface area contributed by atoms with E-state index >= 15 is 0 Å². The number of hydrogen-bond donors (Lipinski definition) is 5. The molecule has 0 saturated heterocycles. The van der Waals surface area contributed by atoms with Gasteiger partial charge in [-0.1, -0.05) is 91.0 Å². The van der Waals surface area contributed by atoms with Crippen LogP contribution in [0.4, 0.5) is 0 Å². The molecule has 6 N–H and O–H groups in total. The summed E-state index contributed by atoms with van der Waals surface area (Å²) in [7, 11) is 0. The lowest BCUT2D eigenvalue weighted by molar-refractivity contribution is -0.147. The van der Waals surface area contributed by atoms with Gasteiger partial charge in [0.25, 0.3) is 5.78 Å². The monoisotopic (exact) mass is 453 g/mol. The molecule has 0 heterocycles. The van der Waals surface area contributed by atoms with Crippen molar-refractivity contribution in [3.8, 4) is 0 Å². The van der Waals surface area contributed by atoms with Crippen LogP contribution in [0.5, 0.6) is 0 Å². The minimum Gasteiger partial charge on any atom is -0.480 e. The minimum atomic E-state index is -1.42. The fourth-order valence-electron chi connectivity index (χ4n) is 2.29. The van der Waals surface area contributed by atoms with Gasteiger partial charge in [-0.25, -0.2) is 9.59 Å². The lowest BCUT2D eigenvalue weighted by Gasteiger charge is -2.04. The highest BCUT2D eigenvalue weighted by Crippen LogP contribution is 2.11. The van der Waals surface area contributed by atoms with Crippen molar-refractivity contribution in [1.29, 1.82) is 0 Å². The van der Waals surface area contributed by atoms with Gasteiger partial charge in [-0.05, 0) is 11.1 Å². The van der Waals surface area contributed by atoms with Crippen LogP contribution < -0.4 is 5.73 Å². The van der Waals surface area contributed by atoms with Gasteiger partial charge in [0.15, 0.2) is 6.10 Å². The molecule has 3 aromatic rings. The van der Waals surface area contributed by atoms with E-state index in [0.717, 1.165) is 0 Å². The molecule has 0 bridgehead atoms. The van der Waals surface area contributed by atoms with Crippen LogP contribution in [0.25, 0.3) is 0 Å². The molecule has 9 nitrogen and oxygen atoms in total. The molecular formula is C24H23NO8. The first kappa shape index (κ1) is 26.7. The highest BCUT2D eigenvalue weighted by Gasteiger charge is 2.14. The maximum atomic E-state index is 10.7. The van der Waals surface area contributed by atoms with Gasteiger partial charge in [0.2, 0.25) is 0 Å². The Morgan fingerprint density at radius 3 is 1.36 bits per heavy atom. The van der Waals surface area contributed by atoms with Crippen LogP contribution in [0.15, 0.2) is 91.0 Å². The zero-order chi connectivity index (χ0) is 24.8. The Hall–Kier alpha value is -4.34. The highest BCUT2D eigenvalue weighted by molar-refractivity contribution is 6.39. The van der Waals surface area contributed by atoms with Gasteiger partial charge in [0.05, 0.1) is 0 Å². The number of carboxylic acid groups (broad SMARTS) is 3. The Balaban J connectivity index is 0.000000247. The molecule has 172 valence electrons. The number of carbonyl (C=O) groups is 4. The molecule has 33 heavy (non-hydrogen) atoms. The number of benzene rings is 3. The largest absolute Gasteiger partial charge is 0.480 e. The Kier molecular flexibility index (Phi) is 11.2. The third kappa shape index (κ3) is 9.55. The molecule has 9 heteroatoms. The molecule has 0 aliphatic heterocycles. The summed E-state index contributed by atoms with van der Waals surface area (Å²) >= 11 is 0. The summed E-state index contributed by atoms with van der Waals surface area (Å²) in [5.41, 5.74) is 6.57. The standard InChI is InChI=1S/C8H9NO2.C8H8O3.C8H6O3/c3*9-7(8(10)11)6-4-2-1-3-5-6/h1-5,7H,9H2,(H,10,11);1-5,7,9H,(H,10,11);1-5H,(H,10,11)/t2*7-;/m00./s1. The number of carbonyl (C=O) groups excluding carboxylic acids is 1. The van der Waals surface area contributed by atoms with Crippen molar-refractivity contribution in [3.63, 3.8) is 0 Å². The van der Waals surface area contributed by atoms with Gasteiger partial charge in [-0.15, -0.1) is 0 Å². The predicted molar refractivity (Wildman–Crippen MR) is 118 cm³/mol. The fourth-order valence-corrected chi connectivity index (χ4v) is 2.29. The molecule has 0 radical (unpaired) electrons. The van der Waals surface area contributed by atoms with Crippen LogP contribution in [-0.4, -0.2) is 44.1 Å². The first-order valence-corrected chi connectivity index (χ1v) is 9.47. The zero-order valence-corrected chi connectivity index (χ0v) is 17.3. The molecule has 3 rings (SSSR count). The Morgan fingerprint density at radius 1 is 0.606 bits per heavy atom. The molecule has 0 aliphatic rings. The molecule has 3 aromatic carbocycles. The van der Waals surface area contributed by atoms with E-state index in [9.17, 15) is 19.2 Å². The van der Waals surface area contributed by atoms with Crippen molar-refractivity contribution in [2.24, 2.45) is 5.73 Å². The maximum Gasteiger partial charge on any atom is 0.377 e. The third-order valence-corrected chi connectivity index (χ3v) is 4.00. The second kappa shape index (κ2) is 13.9. The van der Waals surface area contributed by atoms with E-state index in [2.05, 4.69) is 0 Å². The number of rotatable bonds is 6. The number of hydrogen-bond acceptors (Lipinski definition) is 6. The summed E-state index contributed by atoms with van der Waals surface area (Å²) in [6.45, 7) is 0. The van der Waals surface area contributed by atoms with Crippen molar-refractivity contribution >= 4 is 23.7 Å². The number of nitrogens with two attached hydrogens (primary N) is 1. The Bertz CT molecular complexity index is 984. The van der Waals surface area contributed by atoms with Gasteiger partial charge in [-0.3, -0.25) is 9.59 Å². The van der Waals surface area contributed by atoms with Crippen molar-refractivity contribution in [3.05, 3.63) is 108 Å². The first-order valence-electron chi connectivity index (χ1n) is 9.47. The summed E-state index contributed by atoms with van der Waals surface area (Å²) in [6, 6.07) is 24.0. The van der Waals surface area contributed by atoms with Crippen LogP contribution in [0.1, 0.15) is 33.6 Å². The molecule has 0 saturated carbocycles. The zero-order valence-electron chi connectivity index (χ0n) is 17.3. The minimum absolute atomic E-state index is 0.208. The molecule has 2 atom stereocenters. The Morgan fingerprint density at radius 2 is 1.00 bits per heavy atom. The van der Waals surface area contributed by atoms with Crippen molar-refractivity contribution in [2.75, 3.05) is 0 Å². The smallest absolute Gasteiger partial charge is 0.377 e. The number of aliphatic hydroxyl groups excluding tert-OH is 1. The van der Waals surface area contributed by atoms with Crippen LogP contribution in [0.2, 0.25) is 0 Å². The third-order valence-electron chi connectivity index (χ3n) is 4.00. The number of aliphatic carboxylic acids is 3. The van der Waals surface area contributed by atoms with E-state index in [1.165, 1.54) is 12.1 Å². The van der Waals surface area contributed by atoms with Crippen LogP contribution in [0, 0.1) is 0 Å². The lowest BCUT2D eigenvalue weighted by Crippen LogP contribution is -2.20. The quantitative estimate of drug-likeness (QED) is 0.277. The lowest BCUT2D eigenvalue weighted by atomic mass is 10.1. The second-order valence-electron chi connectivity index (χ2n) is 6.38. The molecule has 0 fully saturated rings. The summed E-state index contributed by atoms with van der Waals surface area (Å²) in [6.07, 6.45) is -1.41. The first-order chi connectivity index (χ1) is 15.6. The van der Waals surface area contributed by atoms with Crippen molar-refractivity contribution < 1.29 is 39.6 Å². The van der Waals surface area contributed by atoms with Crippen LogP contribution >= 0.6 is 0 Å². The fraction of sp³-hybridized carbons (Fsp3) is 0.0833. The predicted octanol–water partition coefficient (Wildman–Crippen LogP) is 2.53. The van der Waals surface area contributed by atoms with Crippen LogP contribution in [-0.2, 0) is 14.4 Å². The number of carboxylic acids is 3. The van der Waals surface area contributed by atoms with E-state index in [4.69, 9.17) is 26.2 Å². The Labute approximate surface area is 189 Å². The van der Waals surface area contributed by atoms with E-state index in [0.29, 0.717) is 11.1 Å². The molecule has 0 aromatic heterocycles. The highest BCUT2D eigenvalue weighted by atomic mass is 16.4. The summed E-state index contributed by atoms with van der Waals surface area (Å²) in [5, 5.41) is 34.2. The number of aliphatic hydroxyl groups is 1. The van der Waals surface area contributed by atoms with Gasteiger partial charge >= 0.3 is 17.9 Å². The molecule has 0 unspecified atom stereocenters. The van der Waals surface area contributed by atoms with Gasteiger partial charge in [0, 0.05) is 5.56 Å². The molecular weight excluding hydrogens is 430 g/mol. The van der Waals surface area contributed by atoms with E-state index in [-0.39, 0.29) is 5.56 Å². The summed E-state index contributed by atoms with van der Waals surface area (Å²) in [5.74, 6) is -4.52. The van der Waals surface area contributed by atoms with Gasteiger partial charge in [0.1, 0.15) is 6.04 Å². The van der Waals surface area contributed by atoms with Crippen molar-refractivity contribution in [2.45, 2.75) is 12.1 Å².